The number of nitrogens with zero attached hydrogens (tertiary/aromatic N) is 1. The Hall–Kier alpha value is -4.11. The molecular formula is C28H33N3O6. The zero-order valence-corrected chi connectivity index (χ0v) is 21.4. The van der Waals surface area contributed by atoms with Crippen LogP contribution in [-0.4, -0.2) is 57.8 Å². The van der Waals surface area contributed by atoms with Gasteiger partial charge in [-0.1, -0.05) is 42.5 Å². The average Bonchev–Trinajstić information content (AvgIpc) is 2.82. The maximum Gasteiger partial charge on any atom is 0.408 e. The van der Waals surface area contributed by atoms with E-state index in [1.54, 1.807) is 39.0 Å². The fraction of sp³-hybridized carbons (Fsp3) is 0.321. The molecule has 0 saturated heterocycles. The molecule has 0 fully saturated rings. The van der Waals surface area contributed by atoms with Crippen LogP contribution >= 0.6 is 0 Å². The summed E-state index contributed by atoms with van der Waals surface area (Å²) in [5.74, 6) is -1.24. The van der Waals surface area contributed by atoms with Crippen LogP contribution in [0.3, 0.4) is 0 Å². The Kier molecular flexibility index (Phi) is 8.73. The summed E-state index contributed by atoms with van der Waals surface area (Å²) in [5, 5.41) is 27.1. The number of fused-ring (bicyclic) bond motifs is 1. The van der Waals surface area contributed by atoms with Gasteiger partial charge >= 0.3 is 6.09 Å². The van der Waals surface area contributed by atoms with Crippen molar-refractivity contribution in [2.45, 2.75) is 45.4 Å². The lowest BCUT2D eigenvalue weighted by Crippen LogP contribution is -2.51. The molecule has 3 aromatic rings. The minimum absolute atomic E-state index is 0.0858. The second kappa shape index (κ2) is 11.7. The summed E-state index contributed by atoms with van der Waals surface area (Å²) in [6.45, 7) is 5.95. The number of phenols is 1. The van der Waals surface area contributed by atoms with Crippen molar-refractivity contribution in [3.63, 3.8) is 0 Å². The normalized spacial score (nSPS) is 12.9. The largest absolute Gasteiger partial charge is 0.508 e. The molecule has 0 aliphatic heterocycles. The third kappa shape index (κ3) is 7.44. The standard InChI is InChI=1S/C28H33N3O6/c1-18(29-27(36)37-28(2,3)4)26(35)31(14-15-32)24(21-10-7-11-23(33)17-21)25(34)30-22-13-12-19-8-5-6-9-20(19)16-22/h5-13,16-18,24,32-33H,14-15H2,1-4H3,(H,29,36)(H,30,34). The molecule has 196 valence electrons. The molecule has 0 saturated carbocycles. The number of anilines is 1. The van der Waals surface area contributed by atoms with Crippen LogP contribution in [0.2, 0.25) is 0 Å². The monoisotopic (exact) mass is 507 g/mol. The molecule has 4 N–H and O–H groups in total. The molecule has 9 heteroatoms. The quantitative estimate of drug-likeness (QED) is 0.365. The highest BCUT2D eigenvalue weighted by atomic mass is 16.6. The van der Waals surface area contributed by atoms with Crippen molar-refractivity contribution < 1.29 is 29.3 Å². The molecule has 9 nitrogen and oxygen atoms in total. The van der Waals surface area contributed by atoms with Gasteiger partial charge in [-0.15, -0.1) is 0 Å². The highest BCUT2D eigenvalue weighted by Crippen LogP contribution is 2.27. The molecule has 3 rings (SSSR count). The molecular weight excluding hydrogens is 474 g/mol. The van der Waals surface area contributed by atoms with Crippen molar-refractivity contribution in [2.24, 2.45) is 0 Å². The maximum absolute atomic E-state index is 13.6. The van der Waals surface area contributed by atoms with Gasteiger partial charge in [-0.2, -0.15) is 0 Å². The van der Waals surface area contributed by atoms with E-state index in [0.717, 1.165) is 10.8 Å². The molecule has 37 heavy (non-hydrogen) atoms. The molecule has 0 heterocycles. The highest BCUT2D eigenvalue weighted by Gasteiger charge is 2.34. The van der Waals surface area contributed by atoms with Gasteiger partial charge in [0.05, 0.1) is 6.61 Å². The van der Waals surface area contributed by atoms with E-state index in [2.05, 4.69) is 10.6 Å². The van der Waals surface area contributed by atoms with Gasteiger partial charge in [-0.05, 0) is 68.3 Å². The van der Waals surface area contributed by atoms with Crippen molar-refractivity contribution in [3.05, 3.63) is 72.3 Å². The number of carbonyl (C=O) groups excluding carboxylic acids is 3. The predicted octanol–water partition coefficient (Wildman–Crippen LogP) is 3.96. The van der Waals surface area contributed by atoms with E-state index in [1.807, 2.05) is 36.4 Å². The van der Waals surface area contributed by atoms with Crippen molar-refractivity contribution in [1.82, 2.24) is 10.2 Å². The predicted molar refractivity (Wildman–Crippen MR) is 141 cm³/mol. The Balaban J connectivity index is 1.93. The molecule has 0 aromatic heterocycles. The van der Waals surface area contributed by atoms with Crippen molar-refractivity contribution in [3.8, 4) is 5.75 Å². The molecule has 0 aliphatic rings. The first-order chi connectivity index (χ1) is 17.5. The Bertz CT molecular complexity index is 1270. The number of alkyl carbamates (subject to hydrolysis) is 1. The highest BCUT2D eigenvalue weighted by molar-refractivity contribution is 6.00. The number of aromatic hydroxyl groups is 1. The Morgan fingerprint density at radius 1 is 0.973 bits per heavy atom. The Morgan fingerprint density at radius 2 is 1.68 bits per heavy atom. The van der Waals surface area contributed by atoms with Crippen molar-refractivity contribution in [1.29, 1.82) is 0 Å². The second-order valence-corrected chi connectivity index (χ2v) is 9.67. The van der Waals surface area contributed by atoms with Gasteiger partial charge in [0, 0.05) is 12.2 Å². The van der Waals surface area contributed by atoms with E-state index in [4.69, 9.17) is 4.74 Å². The minimum atomic E-state index is -1.21. The minimum Gasteiger partial charge on any atom is -0.508 e. The number of phenolic OH excluding ortho intramolecular Hbond substituents is 1. The van der Waals surface area contributed by atoms with Crippen molar-refractivity contribution in [2.75, 3.05) is 18.5 Å². The summed E-state index contributed by atoms with van der Waals surface area (Å²) in [7, 11) is 0. The Labute approximate surface area is 216 Å². The number of hydrogen-bond acceptors (Lipinski definition) is 6. The fourth-order valence-electron chi connectivity index (χ4n) is 3.91. The van der Waals surface area contributed by atoms with Crippen LogP contribution in [0.5, 0.6) is 5.75 Å². The number of rotatable bonds is 8. The van der Waals surface area contributed by atoms with E-state index < -0.39 is 42.2 Å². The van der Waals surface area contributed by atoms with Crippen LogP contribution in [0, 0.1) is 0 Å². The van der Waals surface area contributed by atoms with Gasteiger partial charge in [0.2, 0.25) is 5.91 Å². The zero-order chi connectivity index (χ0) is 27.2. The number of amides is 3. The average molecular weight is 508 g/mol. The van der Waals surface area contributed by atoms with Crippen LogP contribution in [0.1, 0.15) is 39.3 Å². The summed E-state index contributed by atoms with van der Waals surface area (Å²) in [6.07, 6.45) is -0.785. The van der Waals surface area contributed by atoms with Crippen LogP contribution < -0.4 is 10.6 Å². The van der Waals surface area contributed by atoms with Gasteiger partial charge in [-0.3, -0.25) is 9.59 Å². The summed E-state index contributed by atoms with van der Waals surface area (Å²) < 4.78 is 5.24. The van der Waals surface area contributed by atoms with E-state index in [0.29, 0.717) is 11.3 Å². The molecule has 0 aliphatic carbocycles. The lowest BCUT2D eigenvalue weighted by atomic mass is 10.0. The van der Waals surface area contributed by atoms with Crippen LogP contribution in [0.4, 0.5) is 10.5 Å². The summed E-state index contributed by atoms with van der Waals surface area (Å²) >= 11 is 0. The lowest BCUT2D eigenvalue weighted by molar-refractivity contribution is -0.141. The van der Waals surface area contributed by atoms with Crippen molar-refractivity contribution >= 4 is 34.4 Å². The SMILES string of the molecule is CC(NC(=O)OC(C)(C)C)C(=O)N(CCO)C(C(=O)Nc1ccc2ccccc2c1)c1cccc(O)c1. The maximum atomic E-state index is 13.6. The molecule has 2 atom stereocenters. The third-order valence-corrected chi connectivity index (χ3v) is 5.49. The first-order valence-electron chi connectivity index (χ1n) is 12.0. The van der Waals surface area contributed by atoms with Gasteiger partial charge in [0.25, 0.3) is 5.91 Å². The number of aliphatic hydroxyl groups is 1. The number of ether oxygens (including phenoxy) is 1. The molecule has 3 amide bonds. The molecule has 3 aromatic carbocycles. The molecule has 0 radical (unpaired) electrons. The second-order valence-electron chi connectivity index (χ2n) is 9.67. The van der Waals surface area contributed by atoms with Gasteiger partial charge in [0.1, 0.15) is 23.4 Å². The number of nitrogens with one attached hydrogen (secondary N) is 2. The first-order valence-corrected chi connectivity index (χ1v) is 12.0. The zero-order valence-electron chi connectivity index (χ0n) is 21.4. The van der Waals surface area contributed by atoms with Gasteiger partial charge in [-0.25, -0.2) is 4.79 Å². The molecule has 2 unspecified atom stereocenters. The smallest absolute Gasteiger partial charge is 0.408 e. The fourth-order valence-corrected chi connectivity index (χ4v) is 3.91. The summed E-state index contributed by atoms with van der Waals surface area (Å²) in [6, 6.07) is 16.9. The van der Waals surface area contributed by atoms with Gasteiger partial charge < -0.3 is 30.5 Å². The van der Waals surface area contributed by atoms with Crippen LogP contribution in [0.15, 0.2) is 66.7 Å². The summed E-state index contributed by atoms with van der Waals surface area (Å²) in [5.41, 5.74) is 0.0938. The van der Waals surface area contributed by atoms with Gasteiger partial charge in [0.15, 0.2) is 0 Å². The van der Waals surface area contributed by atoms with E-state index in [-0.39, 0.29) is 12.3 Å². The number of benzene rings is 3. The number of aliphatic hydroxyl groups excluding tert-OH is 1. The number of carbonyl (C=O) groups is 3. The topological polar surface area (TPSA) is 128 Å². The first kappa shape index (κ1) is 27.5. The Morgan fingerprint density at radius 3 is 2.32 bits per heavy atom. The molecule has 0 spiro atoms. The third-order valence-electron chi connectivity index (χ3n) is 5.49. The molecule has 0 bridgehead atoms. The lowest BCUT2D eigenvalue weighted by Gasteiger charge is -2.33. The van der Waals surface area contributed by atoms with E-state index in [9.17, 15) is 24.6 Å². The van der Waals surface area contributed by atoms with Crippen LogP contribution in [0.25, 0.3) is 10.8 Å². The summed E-state index contributed by atoms with van der Waals surface area (Å²) in [4.78, 5) is 40.5. The van der Waals surface area contributed by atoms with E-state index >= 15 is 0 Å². The number of hydrogen-bond donors (Lipinski definition) is 4. The van der Waals surface area contributed by atoms with Crippen LogP contribution in [-0.2, 0) is 14.3 Å². The van der Waals surface area contributed by atoms with E-state index in [1.165, 1.54) is 24.0 Å².